The van der Waals surface area contributed by atoms with Gasteiger partial charge in [0.05, 0.1) is 26.4 Å². The fraction of sp³-hybridized carbons (Fsp3) is 1.00. The average molecular weight is 683 g/mol. The summed E-state index contributed by atoms with van der Waals surface area (Å²) >= 11 is 0. The summed E-state index contributed by atoms with van der Waals surface area (Å²) in [5.41, 5.74) is 0. The molecule has 0 spiro atoms. The van der Waals surface area contributed by atoms with E-state index in [0.717, 1.165) is 77.0 Å². The molecule has 0 unspecified atom stereocenters. The summed E-state index contributed by atoms with van der Waals surface area (Å²) in [4.78, 5) is 23.0. The van der Waals surface area contributed by atoms with Crippen molar-refractivity contribution in [3.05, 3.63) is 0 Å². The second kappa shape index (κ2) is 37.9. The van der Waals surface area contributed by atoms with Gasteiger partial charge in [0.25, 0.3) is 15.6 Å². The largest absolute Gasteiger partial charge is 2.00 e. The number of hydrogen-bond donors (Lipinski definition) is 0. The molecule has 0 saturated heterocycles. The normalized spacial score (nSPS) is 11.7. The van der Waals surface area contributed by atoms with Crippen LogP contribution in [0.4, 0.5) is 0 Å². The van der Waals surface area contributed by atoms with Crippen LogP contribution in [0.5, 0.6) is 0 Å². The van der Waals surface area contributed by atoms with Crippen molar-refractivity contribution < 1.29 is 37.0 Å². The van der Waals surface area contributed by atoms with Crippen molar-refractivity contribution in [2.75, 3.05) is 26.4 Å². The van der Waals surface area contributed by atoms with Crippen LogP contribution >= 0.6 is 15.6 Å². The molecule has 0 amide bonds. The third kappa shape index (κ3) is 43.5. The van der Waals surface area contributed by atoms with Gasteiger partial charge < -0.3 is 27.9 Å². The first-order valence-electron chi connectivity index (χ1n) is 17.4. The van der Waals surface area contributed by atoms with Crippen molar-refractivity contribution in [3.63, 3.8) is 0 Å². The van der Waals surface area contributed by atoms with Crippen LogP contribution in [0.25, 0.3) is 0 Å². The van der Waals surface area contributed by atoms with Crippen LogP contribution in [0.1, 0.15) is 182 Å². The molecule has 0 saturated carbocycles. The van der Waals surface area contributed by atoms with Gasteiger partial charge in [-0.05, 0) is 25.7 Å². The maximum Gasteiger partial charge on any atom is 2.00 e. The van der Waals surface area contributed by atoms with Crippen LogP contribution < -0.4 is 9.79 Å². The molecule has 0 rings (SSSR count). The van der Waals surface area contributed by atoms with Crippen LogP contribution in [0.2, 0.25) is 0 Å². The molecular weight excluding hydrogens is 614 g/mol. The van der Waals surface area contributed by atoms with Crippen molar-refractivity contribution in [1.82, 2.24) is 0 Å². The zero-order valence-electron chi connectivity index (χ0n) is 28.7. The zero-order valence-corrected chi connectivity index (χ0v) is 32.7. The minimum atomic E-state index is -4.07. The Morgan fingerprint density at radius 1 is 0.349 bits per heavy atom. The zero-order chi connectivity index (χ0) is 31.6. The van der Waals surface area contributed by atoms with E-state index in [1.54, 1.807) is 0 Å². The number of unbranched alkanes of at least 4 members (excludes halogenated alkanes) is 20. The molecular formula is C32H68CaO8P2. The summed E-state index contributed by atoms with van der Waals surface area (Å²) in [6.07, 6.45) is 26.6. The number of phosphoric acid groups is 2. The first kappa shape index (κ1) is 48.9. The first-order valence-corrected chi connectivity index (χ1v) is 20.4. The number of rotatable bonds is 32. The van der Waals surface area contributed by atoms with E-state index < -0.39 is 15.6 Å². The summed E-state index contributed by atoms with van der Waals surface area (Å²) in [6.45, 7) is 9.73. The van der Waals surface area contributed by atoms with Gasteiger partial charge in [0.1, 0.15) is 0 Å². The van der Waals surface area contributed by atoms with Crippen molar-refractivity contribution in [2.24, 2.45) is 0 Å². The van der Waals surface area contributed by atoms with E-state index in [9.17, 15) is 18.9 Å². The molecule has 8 nitrogen and oxygen atoms in total. The Labute approximate surface area is 296 Å². The maximum atomic E-state index is 11.5. The number of hydrogen-bond acceptors (Lipinski definition) is 8. The second-order valence-electron chi connectivity index (χ2n) is 11.3. The van der Waals surface area contributed by atoms with Crippen LogP contribution in [-0.4, -0.2) is 64.2 Å². The average Bonchev–Trinajstić information content (AvgIpc) is 2.95. The molecule has 0 aromatic carbocycles. The van der Waals surface area contributed by atoms with E-state index in [1.165, 1.54) is 77.0 Å². The molecule has 0 N–H and O–H groups in total. The Kier molecular flexibility index (Phi) is 43.1. The molecule has 0 atom stereocenters. The van der Waals surface area contributed by atoms with E-state index in [-0.39, 0.29) is 64.2 Å². The SMILES string of the molecule is CCCCCCCCOP(=O)([O-])OCCCCCCCC.CCCCCCCCOP(=O)([O-])OCCCCCCCC.[Ca+2]. The predicted octanol–water partition coefficient (Wildman–Crippen LogP) is 10.0. The molecule has 0 aliphatic heterocycles. The summed E-state index contributed by atoms with van der Waals surface area (Å²) < 4.78 is 42.4. The van der Waals surface area contributed by atoms with Gasteiger partial charge in [0.2, 0.25) is 0 Å². The molecule has 0 aliphatic carbocycles. The Morgan fingerprint density at radius 3 is 0.698 bits per heavy atom. The first-order chi connectivity index (χ1) is 20.2. The molecule has 43 heavy (non-hydrogen) atoms. The van der Waals surface area contributed by atoms with Gasteiger partial charge in [0.15, 0.2) is 0 Å². The Morgan fingerprint density at radius 2 is 0.512 bits per heavy atom. The van der Waals surface area contributed by atoms with E-state index >= 15 is 0 Å². The fourth-order valence-electron chi connectivity index (χ4n) is 4.31. The predicted molar refractivity (Wildman–Crippen MR) is 178 cm³/mol. The van der Waals surface area contributed by atoms with Crippen molar-refractivity contribution in [3.8, 4) is 0 Å². The van der Waals surface area contributed by atoms with Crippen molar-refractivity contribution >= 4 is 53.4 Å². The van der Waals surface area contributed by atoms with Gasteiger partial charge in [-0.3, -0.25) is 9.13 Å². The van der Waals surface area contributed by atoms with Gasteiger partial charge in [-0.15, -0.1) is 0 Å². The Hall–Kier alpha value is 1.48. The van der Waals surface area contributed by atoms with Crippen LogP contribution in [0.15, 0.2) is 0 Å². The Bertz CT molecular complexity index is 532. The molecule has 256 valence electrons. The quantitative estimate of drug-likeness (QED) is 0.0391. The second-order valence-corrected chi connectivity index (χ2v) is 14.1. The van der Waals surface area contributed by atoms with Crippen molar-refractivity contribution in [2.45, 2.75) is 182 Å². The van der Waals surface area contributed by atoms with Gasteiger partial charge in [-0.25, -0.2) is 0 Å². The summed E-state index contributed by atoms with van der Waals surface area (Å²) in [7, 11) is -8.13. The minimum Gasteiger partial charge on any atom is -0.756 e. The van der Waals surface area contributed by atoms with Crippen LogP contribution in [0, 0.1) is 0 Å². The molecule has 0 radical (unpaired) electrons. The molecule has 0 aliphatic rings. The van der Waals surface area contributed by atoms with Gasteiger partial charge >= 0.3 is 37.7 Å². The number of phosphoric ester groups is 2. The van der Waals surface area contributed by atoms with E-state index in [2.05, 4.69) is 27.7 Å². The fourth-order valence-corrected chi connectivity index (χ4v) is 5.87. The molecule has 0 heterocycles. The third-order valence-corrected chi connectivity index (χ3v) is 8.98. The molecule has 0 aromatic heterocycles. The van der Waals surface area contributed by atoms with Gasteiger partial charge in [-0.2, -0.15) is 0 Å². The summed E-state index contributed by atoms with van der Waals surface area (Å²) in [6, 6.07) is 0. The molecule has 0 aromatic rings. The summed E-state index contributed by atoms with van der Waals surface area (Å²) in [5, 5.41) is 0. The third-order valence-electron chi connectivity index (χ3n) is 6.99. The Balaban J connectivity index is -0.000000727. The molecule has 11 heteroatoms. The maximum absolute atomic E-state index is 11.5. The molecule has 0 fully saturated rings. The smallest absolute Gasteiger partial charge is 0.756 e. The van der Waals surface area contributed by atoms with Gasteiger partial charge in [-0.1, -0.05) is 156 Å². The summed E-state index contributed by atoms with van der Waals surface area (Å²) in [5.74, 6) is 0. The monoisotopic (exact) mass is 682 g/mol. The van der Waals surface area contributed by atoms with E-state index in [1.807, 2.05) is 0 Å². The standard InChI is InChI=1S/2C16H35O4P.Ca/c2*1-3-5-7-9-11-13-15-19-21(17,18)20-16-14-12-10-8-6-4-2;/h2*3-16H2,1-2H3,(H,17,18);/q;;+2/p-2. The van der Waals surface area contributed by atoms with E-state index in [4.69, 9.17) is 18.1 Å². The van der Waals surface area contributed by atoms with Crippen LogP contribution in [-0.2, 0) is 27.2 Å². The topological polar surface area (TPSA) is 117 Å². The van der Waals surface area contributed by atoms with Crippen LogP contribution in [0.3, 0.4) is 0 Å². The molecule has 0 bridgehead atoms. The van der Waals surface area contributed by atoms with E-state index in [0.29, 0.717) is 0 Å². The van der Waals surface area contributed by atoms with Crippen molar-refractivity contribution in [1.29, 1.82) is 0 Å². The minimum absolute atomic E-state index is 0. The van der Waals surface area contributed by atoms with Gasteiger partial charge in [0, 0.05) is 0 Å².